The second-order valence-electron chi connectivity index (χ2n) is 6.69. The molecule has 1 aromatic heterocycles. The number of halogens is 1. The summed E-state index contributed by atoms with van der Waals surface area (Å²) in [5.74, 6) is 0.521. The Bertz CT molecular complexity index is 1300. The first-order valence-corrected chi connectivity index (χ1v) is 10.8. The summed E-state index contributed by atoms with van der Waals surface area (Å²) in [6, 6.07) is 21.6. The van der Waals surface area contributed by atoms with E-state index in [0.29, 0.717) is 33.2 Å². The zero-order valence-corrected chi connectivity index (χ0v) is 18.1. The van der Waals surface area contributed by atoms with Gasteiger partial charge in [-0.05, 0) is 54.1 Å². The molecule has 0 aliphatic rings. The van der Waals surface area contributed by atoms with Crippen LogP contribution < -0.4 is 15.7 Å². The Labute approximate surface area is 188 Å². The van der Waals surface area contributed by atoms with Gasteiger partial charge >= 0.3 is 5.63 Å². The molecule has 0 spiro atoms. The van der Waals surface area contributed by atoms with Crippen molar-refractivity contribution in [3.05, 3.63) is 88.2 Å². The van der Waals surface area contributed by atoms with Crippen molar-refractivity contribution in [2.45, 2.75) is 4.90 Å². The van der Waals surface area contributed by atoms with Gasteiger partial charge in [0.15, 0.2) is 0 Å². The first-order valence-electron chi connectivity index (χ1n) is 9.43. The predicted octanol–water partition coefficient (Wildman–Crippen LogP) is 5.85. The fraction of sp³-hybridized carbons (Fsp3) is 0.0833. The highest BCUT2D eigenvalue weighted by Gasteiger charge is 2.13. The first-order chi connectivity index (χ1) is 15.0. The number of nitrogens with one attached hydrogen (secondary N) is 1. The SMILES string of the molecule is COc1ccc(-c2cc3ccccc3oc2=O)cc1NC(=O)CSc1ccc(Cl)cc1. The lowest BCUT2D eigenvalue weighted by Crippen LogP contribution is -2.15. The van der Waals surface area contributed by atoms with E-state index in [0.717, 1.165) is 10.3 Å². The summed E-state index contributed by atoms with van der Waals surface area (Å²) >= 11 is 7.29. The molecular weight excluding hydrogens is 434 g/mol. The minimum Gasteiger partial charge on any atom is -0.495 e. The van der Waals surface area contributed by atoms with Gasteiger partial charge in [-0.15, -0.1) is 11.8 Å². The van der Waals surface area contributed by atoms with Crippen molar-refractivity contribution in [1.29, 1.82) is 0 Å². The van der Waals surface area contributed by atoms with E-state index < -0.39 is 5.63 Å². The fourth-order valence-electron chi connectivity index (χ4n) is 3.10. The number of benzene rings is 3. The van der Waals surface area contributed by atoms with Crippen LogP contribution in [0.2, 0.25) is 5.02 Å². The summed E-state index contributed by atoms with van der Waals surface area (Å²) in [4.78, 5) is 26.0. The topological polar surface area (TPSA) is 68.5 Å². The van der Waals surface area contributed by atoms with Crippen LogP contribution in [-0.4, -0.2) is 18.8 Å². The first kappa shape index (κ1) is 21.0. The minimum absolute atomic E-state index is 0.194. The van der Waals surface area contributed by atoms with E-state index in [1.807, 2.05) is 30.3 Å². The van der Waals surface area contributed by atoms with Gasteiger partial charge in [-0.2, -0.15) is 0 Å². The lowest BCUT2D eigenvalue weighted by Gasteiger charge is -2.12. The van der Waals surface area contributed by atoms with Crippen molar-refractivity contribution in [3.8, 4) is 16.9 Å². The summed E-state index contributed by atoms with van der Waals surface area (Å²) in [5.41, 5.74) is 1.60. The molecule has 0 radical (unpaired) electrons. The molecule has 156 valence electrons. The molecular formula is C24H18ClNO4S. The maximum absolute atomic E-state index is 12.5. The molecule has 4 aromatic rings. The summed E-state index contributed by atoms with van der Waals surface area (Å²) in [5, 5.41) is 4.33. The maximum atomic E-state index is 12.5. The van der Waals surface area contributed by atoms with Gasteiger partial charge in [0.25, 0.3) is 0 Å². The van der Waals surface area contributed by atoms with E-state index in [9.17, 15) is 9.59 Å². The average molecular weight is 452 g/mol. The number of hydrogen-bond acceptors (Lipinski definition) is 5. The molecule has 0 aliphatic carbocycles. The van der Waals surface area contributed by atoms with Gasteiger partial charge < -0.3 is 14.5 Å². The number of carbonyl (C=O) groups is 1. The van der Waals surface area contributed by atoms with Crippen LogP contribution in [0.5, 0.6) is 5.75 Å². The third-order valence-corrected chi connectivity index (χ3v) is 5.87. The molecule has 5 nitrogen and oxygen atoms in total. The van der Waals surface area contributed by atoms with E-state index in [-0.39, 0.29) is 11.7 Å². The number of carbonyl (C=O) groups excluding carboxylic acids is 1. The van der Waals surface area contributed by atoms with Crippen molar-refractivity contribution in [2.75, 3.05) is 18.2 Å². The molecule has 0 saturated heterocycles. The minimum atomic E-state index is -0.445. The molecule has 4 rings (SSSR count). The second-order valence-corrected chi connectivity index (χ2v) is 8.18. The van der Waals surface area contributed by atoms with Gasteiger partial charge in [0.05, 0.1) is 24.1 Å². The summed E-state index contributed by atoms with van der Waals surface area (Å²) in [7, 11) is 1.53. The number of para-hydroxylation sites is 1. The van der Waals surface area contributed by atoms with Crippen LogP contribution in [0.3, 0.4) is 0 Å². The lowest BCUT2D eigenvalue weighted by atomic mass is 10.0. The number of ether oxygens (including phenoxy) is 1. The van der Waals surface area contributed by atoms with Crippen LogP contribution in [-0.2, 0) is 4.79 Å². The predicted molar refractivity (Wildman–Crippen MR) is 125 cm³/mol. The summed E-state index contributed by atoms with van der Waals surface area (Å²) in [6.45, 7) is 0. The highest BCUT2D eigenvalue weighted by Crippen LogP contribution is 2.31. The van der Waals surface area contributed by atoms with E-state index in [1.165, 1.54) is 18.9 Å². The molecule has 0 atom stereocenters. The average Bonchev–Trinajstić information content (AvgIpc) is 2.78. The Morgan fingerprint density at radius 1 is 1.06 bits per heavy atom. The Balaban J connectivity index is 1.57. The van der Waals surface area contributed by atoms with Crippen molar-refractivity contribution in [2.24, 2.45) is 0 Å². The van der Waals surface area contributed by atoms with E-state index in [4.69, 9.17) is 20.8 Å². The van der Waals surface area contributed by atoms with E-state index in [1.54, 1.807) is 42.5 Å². The molecule has 1 N–H and O–H groups in total. The Morgan fingerprint density at radius 2 is 1.84 bits per heavy atom. The number of fused-ring (bicyclic) bond motifs is 1. The van der Waals surface area contributed by atoms with Crippen LogP contribution >= 0.6 is 23.4 Å². The molecule has 0 aliphatic heterocycles. The van der Waals surface area contributed by atoms with Gasteiger partial charge in [-0.25, -0.2) is 4.79 Å². The van der Waals surface area contributed by atoms with Gasteiger partial charge in [0.1, 0.15) is 11.3 Å². The summed E-state index contributed by atoms with van der Waals surface area (Å²) < 4.78 is 10.8. The monoisotopic (exact) mass is 451 g/mol. The number of hydrogen-bond donors (Lipinski definition) is 1. The molecule has 7 heteroatoms. The van der Waals surface area contributed by atoms with Crippen LogP contribution in [0.4, 0.5) is 5.69 Å². The number of rotatable bonds is 6. The van der Waals surface area contributed by atoms with Crippen molar-refractivity contribution < 1.29 is 13.9 Å². The van der Waals surface area contributed by atoms with E-state index in [2.05, 4.69) is 5.32 Å². The van der Waals surface area contributed by atoms with Crippen molar-refractivity contribution in [3.63, 3.8) is 0 Å². The molecule has 1 heterocycles. The smallest absolute Gasteiger partial charge is 0.344 e. The van der Waals surface area contributed by atoms with Crippen molar-refractivity contribution in [1.82, 2.24) is 0 Å². The zero-order chi connectivity index (χ0) is 21.8. The molecule has 0 bridgehead atoms. The molecule has 3 aromatic carbocycles. The lowest BCUT2D eigenvalue weighted by molar-refractivity contribution is -0.113. The van der Waals surface area contributed by atoms with Gasteiger partial charge in [0, 0.05) is 15.3 Å². The molecule has 0 unspecified atom stereocenters. The normalized spacial score (nSPS) is 10.8. The van der Waals surface area contributed by atoms with E-state index >= 15 is 0 Å². The Kier molecular flexibility index (Phi) is 6.30. The standard InChI is InChI=1S/C24H18ClNO4S/c1-29-22-11-6-15(19-12-16-4-2-3-5-21(16)30-24(19)28)13-20(22)26-23(27)14-31-18-9-7-17(25)8-10-18/h2-13H,14H2,1H3,(H,26,27). The molecule has 1 amide bonds. The number of amides is 1. The molecule has 31 heavy (non-hydrogen) atoms. The Hall–Kier alpha value is -3.22. The largest absolute Gasteiger partial charge is 0.495 e. The van der Waals surface area contributed by atoms with Gasteiger partial charge in [-0.3, -0.25) is 4.79 Å². The highest BCUT2D eigenvalue weighted by molar-refractivity contribution is 8.00. The van der Waals surface area contributed by atoms with Crippen LogP contribution in [0.15, 0.2) is 86.9 Å². The third kappa shape index (κ3) is 4.93. The highest BCUT2D eigenvalue weighted by atomic mass is 35.5. The number of anilines is 1. The van der Waals surface area contributed by atoms with Crippen LogP contribution in [0.1, 0.15) is 0 Å². The Morgan fingerprint density at radius 3 is 2.61 bits per heavy atom. The molecule has 0 saturated carbocycles. The zero-order valence-electron chi connectivity index (χ0n) is 16.6. The fourth-order valence-corrected chi connectivity index (χ4v) is 3.93. The summed E-state index contributed by atoms with van der Waals surface area (Å²) in [6.07, 6.45) is 0. The second kappa shape index (κ2) is 9.29. The van der Waals surface area contributed by atoms with Crippen LogP contribution in [0.25, 0.3) is 22.1 Å². The third-order valence-electron chi connectivity index (χ3n) is 4.61. The van der Waals surface area contributed by atoms with Crippen LogP contribution in [0, 0.1) is 0 Å². The number of thioether (sulfide) groups is 1. The van der Waals surface area contributed by atoms with Gasteiger partial charge in [0.2, 0.25) is 5.91 Å². The van der Waals surface area contributed by atoms with Crippen molar-refractivity contribution >= 4 is 45.9 Å². The quantitative estimate of drug-likeness (QED) is 0.294. The molecule has 0 fully saturated rings. The number of methoxy groups -OCH3 is 1. The maximum Gasteiger partial charge on any atom is 0.344 e. The van der Waals surface area contributed by atoms with Gasteiger partial charge in [-0.1, -0.05) is 35.9 Å².